The van der Waals surface area contributed by atoms with Crippen LogP contribution in [0.25, 0.3) is 11.6 Å². The summed E-state index contributed by atoms with van der Waals surface area (Å²) in [6.07, 6.45) is 2.86. The largest absolute Gasteiger partial charge is 0.497 e. The Labute approximate surface area is 119 Å². The molecule has 0 aliphatic carbocycles. The van der Waals surface area contributed by atoms with E-state index >= 15 is 0 Å². The third-order valence-electron chi connectivity index (χ3n) is 3.21. The number of rotatable bonds is 3. The van der Waals surface area contributed by atoms with Crippen LogP contribution in [0, 0.1) is 10.1 Å². The number of methoxy groups -OCH3 is 1. The maximum absolute atomic E-state index is 12.0. The highest BCUT2D eigenvalue weighted by atomic mass is 16.6. The number of anilines is 1. The van der Waals surface area contributed by atoms with Crippen molar-refractivity contribution in [2.75, 3.05) is 12.4 Å². The van der Waals surface area contributed by atoms with Gasteiger partial charge in [0.25, 0.3) is 11.6 Å². The molecule has 106 valence electrons. The van der Waals surface area contributed by atoms with Crippen LogP contribution in [0.15, 0.2) is 30.5 Å². The molecule has 3 rings (SSSR count). The number of aromatic nitrogens is 1. The van der Waals surface area contributed by atoms with E-state index in [1.54, 1.807) is 31.4 Å². The summed E-state index contributed by atoms with van der Waals surface area (Å²) in [5, 5.41) is 13.4. The Bertz CT molecular complexity index is 776. The number of carbonyl (C=O) groups is 1. The number of benzene rings is 1. The van der Waals surface area contributed by atoms with Crippen molar-refractivity contribution >= 4 is 28.9 Å². The lowest BCUT2D eigenvalue weighted by Gasteiger charge is -2.02. The number of amides is 1. The number of nitro groups is 1. The smallest absolute Gasteiger partial charge is 0.287 e. The van der Waals surface area contributed by atoms with Crippen LogP contribution in [0.5, 0.6) is 5.75 Å². The fraction of sp³-hybridized carbons (Fsp3) is 0.0714. The molecule has 0 atom stereocenters. The first-order valence-corrected chi connectivity index (χ1v) is 6.13. The van der Waals surface area contributed by atoms with Crippen LogP contribution in [-0.2, 0) is 4.79 Å². The van der Waals surface area contributed by atoms with Gasteiger partial charge in [-0.3, -0.25) is 14.9 Å². The fourth-order valence-electron chi connectivity index (χ4n) is 2.18. The van der Waals surface area contributed by atoms with Gasteiger partial charge in [-0.1, -0.05) is 0 Å². The van der Waals surface area contributed by atoms with Crippen molar-refractivity contribution in [2.45, 2.75) is 0 Å². The molecular weight excluding hydrogens is 274 g/mol. The minimum atomic E-state index is -0.496. The molecule has 7 heteroatoms. The number of nitrogens with one attached hydrogen (secondary N) is 2. The van der Waals surface area contributed by atoms with Crippen molar-refractivity contribution in [3.05, 3.63) is 51.8 Å². The number of hydrogen-bond acceptors (Lipinski definition) is 4. The number of carbonyl (C=O) groups excluding carboxylic acids is 1. The summed E-state index contributed by atoms with van der Waals surface area (Å²) < 4.78 is 5.15. The highest BCUT2D eigenvalue weighted by molar-refractivity contribution is 6.34. The molecule has 2 aromatic rings. The first-order valence-electron chi connectivity index (χ1n) is 6.13. The summed E-state index contributed by atoms with van der Waals surface area (Å²) in [7, 11) is 1.55. The number of hydrogen-bond donors (Lipinski definition) is 2. The molecule has 21 heavy (non-hydrogen) atoms. The van der Waals surface area contributed by atoms with E-state index in [1.807, 2.05) is 0 Å². The van der Waals surface area contributed by atoms with Gasteiger partial charge in [0.2, 0.25) is 0 Å². The van der Waals surface area contributed by atoms with Crippen molar-refractivity contribution in [1.82, 2.24) is 4.98 Å². The minimum absolute atomic E-state index is 0.0499. The highest BCUT2D eigenvalue weighted by Gasteiger charge is 2.25. The Morgan fingerprint density at radius 2 is 2.14 bits per heavy atom. The highest BCUT2D eigenvalue weighted by Crippen LogP contribution is 2.35. The molecule has 0 fully saturated rings. The van der Waals surface area contributed by atoms with Gasteiger partial charge in [0.15, 0.2) is 0 Å². The number of nitrogens with zero attached hydrogens (tertiary/aromatic N) is 1. The van der Waals surface area contributed by atoms with E-state index in [-0.39, 0.29) is 11.6 Å². The molecule has 0 saturated carbocycles. The number of ether oxygens (including phenoxy) is 1. The summed E-state index contributed by atoms with van der Waals surface area (Å²) >= 11 is 0. The standard InChI is InChI=1S/C14H11N3O4/c1-21-10-2-3-13-11(6-10)12(14(18)16-13)5-8-4-9(7-15-8)17(19)20/h2-7,15H,1H3,(H,16,18)/b12-5-. The quantitative estimate of drug-likeness (QED) is 0.514. The zero-order chi connectivity index (χ0) is 15.0. The van der Waals surface area contributed by atoms with Gasteiger partial charge in [-0.25, -0.2) is 0 Å². The predicted octanol–water partition coefficient (Wildman–Crippen LogP) is 2.42. The van der Waals surface area contributed by atoms with Crippen molar-refractivity contribution in [2.24, 2.45) is 0 Å². The average molecular weight is 285 g/mol. The normalized spacial score (nSPS) is 14.9. The van der Waals surface area contributed by atoms with Gasteiger partial charge in [-0.15, -0.1) is 0 Å². The monoisotopic (exact) mass is 285 g/mol. The second-order valence-corrected chi connectivity index (χ2v) is 4.49. The number of fused-ring (bicyclic) bond motifs is 1. The van der Waals surface area contributed by atoms with Gasteiger partial charge in [0.05, 0.1) is 23.8 Å². The Morgan fingerprint density at radius 3 is 2.81 bits per heavy atom. The third-order valence-corrected chi connectivity index (χ3v) is 3.21. The Balaban J connectivity index is 2.04. The van der Waals surface area contributed by atoms with E-state index in [9.17, 15) is 14.9 Å². The van der Waals surface area contributed by atoms with Gasteiger partial charge in [-0.05, 0) is 24.3 Å². The number of aromatic amines is 1. The lowest BCUT2D eigenvalue weighted by molar-refractivity contribution is -0.384. The van der Waals surface area contributed by atoms with Gasteiger partial charge >= 0.3 is 0 Å². The van der Waals surface area contributed by atoms with E-state index < -0.39 is 4.92 Å². The zero-order valence-electron chi connectivity index (χ0n) is 11.0. The van der Waals surface area contributed by atoms with E-state index in [0.717, 1.165) is 0 Å². The molecule has 0 bridgehead atoms. The van der Waals surface area contributed by atoms with Crippen LogP contribution in [0.1, 0.15) is 11.3 Å². The topological polar surface area (TPSA) is 97.3 Å². The molecule has 0 saturated heterocycles. The first-order chi connectivity index (χ1) is 10.1. The second-order valence-electron chi connectivity index (χ2n) is 4.49. The molecule has 0 spiro atoms. The lowest BCUT2D eigenvalue weighted by Crippen LogP contribution is -2.03. The molecule has 1 aromatic carbocycles. The average Bonchev–Trinajstić information content (AvgIpc) is 3.05. The molecule has 0 radical (unpaired) electrons. The molecule has 0 unspecified atom stereocenters. The van der Waals surface area contributed by atoms with E-state index in [1.165, 1.54) is 12.3 Å². The summed E-state index contributed by atoms with van der Waals surface area (Å²) in [4.78, 5) is 24.9. The van der Waals surface area contributed by atoms with Crippen LogP contribution in [0.4, 0.5) is 11.4 Å². The first kappa shape index (κ1) is 12.9. The fourth-order valence-corrected chi connectivity index (χ4v) is 2.18. The van der Waals surface area contributed by atoms with Crippen molar-refractivity contribution in [1.29, 1.82) is 0 Å². The Hall–Kier alpha value is -3.09. The van der Waals surface area contributed by atoms with Crippen molar-refractivity contribution < 1.29 is 14.5 Å². The summed E-state index contributed by atoms with van der Waals surface area (Å²) in [6, 6.07) is 6.63. The molecule has 2 N–H and O–H groups in total. The molecule has 1 aliphatic rings. The third kappa shape index (κ3) is 2.25. The van der Waals surface area contributed by atoms with E-state index in [0.29, 0.717) is 28.3 Å². The van der Waals surface area contributed by atoms with Crippen LogP contribution < -0.4 is 10.1 Å². The SMILES string of the molecule is COc1ccc2c(c1)/C(=C/c1cc([N+](=O)[O-])c[nH]1)C(=O)N2. The van der Waals surface area contributed by atoms with E-state index in [4.69, 9.17) is 4.74 Å². The van der Waals surface area contributed by atoms with Crippen molar-refractivity contribution in [3.63, 3.8) is 0 Å². The van der Waals surface area contributed by atoms with Crippen molar-refractivity contribution in [3.8, 4) is 5.75 Å². The lowest BCUT2D eigenvalue weighted by atomic mass is 10.1. The Morgan fingerprint density at radius 1 is 1.33 bits per heavy atom. The molecule has 1 amide bonds. The number of H-pyrrole nitrogens is 1. The molecule has 1 aromatic heterocycles. The van der Waals surface area contributed by atoms with Gasteiger partial charge < -0.3 is 15.0 Å². The van der Waals surface area contributed by atoms with Crippen LogP contribution in [0.2, 0.25) is 0 Å². The zero-order valence-corrected chi connectivity index (χ0v) is 11.0. The van der Waals surface area contributed by atoms with Crippen LogP contribution in [0.3, 0.4) is 0 Å². The molecule has 7 nitrogen and oxygen atoms in total. The van der Waals surface area contributed by atoms with Gasteiger partial charge in [0.1, 0.15) is 5.75 Å². The van der Waals surface area contributed by atoms with Gasteiger partial charge in [-0.2, -0.15) is 0 Å². The second kappa shape index (κ2) is 4.78. The van der Waals surface area contributed by atoms with Crippen LogP contribution in [-0.4, -0.2) is 22.9 Å². The maximum atomic E-state index is 12.0. The summed E-state index contributed by atoms with van der Waals surface area (Å²) in [5.74, 6) is 0.379. The molecule has 2 heterocycles. The Kier molecular flexibility index (Phi) is 2.94. The minimum Gasteiger partial charge on any atom is -0.497 e. The molecule has 1 aliphatic heterocycles. The van der Waals surface area contributed by atoms with Gasteiger partial charge in [0, 0.05) is 23.0 Å². The molecular formula is C14H11N3O4. The summed E-state index contributed by atoms with van der Waals surface area (Å²) in [5.41, 5.74) is 2.26. The van der Waals surface area contributed by atoms with Crippen LogP contribution >= 0.6 is 0 Å². The summed E-state index contributed by atoms with van der Waals surface area (Å²) in [6.45, 7) is 0. The van der Waals surface area contributed by atoms with E-state index in [2.05, 4.69) is 10.3 Å². The maximum Gasteiger partial charge on any atom is 0.287 e. The predicted molar refractivity (Wildman–Crippen MR) is 76.9 cm³/mol.